The van der Waals surface area contributed by atoms with E-state index in [2.05, 4.69) is 10.1 Å². The summed E-state index contributed by atoms with van der Waals surface area (Å²) >= 11 is 0. The van der Waals surface area contributed by atoms with Gasteiger partial charge in [-0.25, -0.2) is 0 Å². The fourth-order valence-electron chi connectivity index (χ4n) is 2.96. The highest BCUT2D eigenvalue weighted by Crippen LogP contribution is 2.29. The first kappa shape index (κ1) is 16.2. The standard InChI is InChI=1S/C16H23F2NO2/c1-11(19-10-14(20)12-6-2-3-7-12)13-8-4-5-9-15(13)21-16(17)18/h4-5,8-9,11-12,14,16,19-20H,2-3,6-7,10H2,1H3. The van der Waals surface area contributed by atoms with Crippen LogP contribution in [0.25, 0.3) is 0 Å². The molecule has 1 aliphatic rings. The van der Waals surface area contributed by atoms with Crippen LogP contribution in [0.1, 0.15) is 44.2 Å². The lowest BCUT2D eigenvalue weighted by molar-refractivity contribution is -0.0507. The van der Waals surface area contributed by atoms with Crippen LogP contribution in [0.15, 0.2) is 24.3 Å². The van der Waals surface area contributed by atoms with Crippen molar-refractivity contribution in [2.75, 3.05) is 6.54 Å². The number of halogens is 2. The van der Waals surface area contributed by atoms with Crippen molar-refractivity contribution in [3.8, 4) is 5.75 Å². The number of hydrogen-bond acceptors (Lipinski definition) is 3. The summed E-state index contributed by atoms with van der Waals surface area (Å²) in [5.41, 5.74) is 0.677. The van der Waals surface area contributed by atoms with E-state index in [0.29, 0.717) is 18.0 Å². The highest BCUT2D eigenvalue weighted by atomic mass is 19.3. The third kappa shape index (κ3) is 4.64. The molecule has 0 saturated heterocycles. The first-order valence-corrected chi connectivity index (χ1v) is 7.53. The van der Waals surface area contributed by atoms with Gasteiger partial charge in [-0.2, -0.15) is 8.78 Å². The van der Waals surface area contributed by atoms with Gasteiger partial charge in [-0.15, -0.1) is 0 Å². The molecule has 2 rings (SSSR count). The summed E-state index contributed by atoms with van der Waals surface area (Å²) in [6, 6.07) is 6.60. The average molecular weight is 299 g/mol. The van der Waals surface area contributed by atoms with E-state index < -0.39 is 6.61 Å². The molecule has 2 N–H and O–H groups in total. The van der Waals surface area contributed by atoms with Crippen LogP contribution in [0, 0.1) is 5.92 Å². The van der Waals surface area contributed by atoms with Crippen molar-refractivity contribution in [2.24, 2.45) is 5.92 Å². The van der Waals surface area contributed by atoms with Crippen molar-refractivity contribution >= 4 is 0 Å². The third-order valence-corrected chi connectivity index (χ3v) is 4.18. The zero-order valence-electron chi connectivity index (χ0n) is 12.3. The van der Waals surface area contributed by atoms with Gasteiger partial charge in [0.15, 0.2) is 0 Å². The summed E-state index contributed by atoms with van der Waals surface area (Å²) in [7, 11) is 0. The van der Waals surface area contributed by atoms with Crippen molar-refractivity contribution in [1.29, 1.82) is 0 Å². The van der Waals surface area contributed by atoms with Gasteiger partial charge in [0.2, 0.25) is 0 Å². The second-order valence-corrected chi connectivity index (χ2v) is 5.66. The van der Waals surface area contributed by atoms with Crippen LogP contribution < -0.4 is 10.1 Å². The van der Waals surface area contributed by atoms with Gasteiger partial charge in [0.1, 0.15) is 5.75 Å². The maximum Gasteiger partial charge on any atom is 0.387 e. The number of ether oxygens (including phenoxy) is 1. The predicted octanol–water partition coefficient (Wildman–Crippen LogP) is 3.49. The van der Waals surface area contributed by atoms with Gasteiger partial charge in [-0.1, -0.05) is 31.0 Å². The lowest BCUT2D eigenvalue weighted by Gasteiger charge is -2.22. The number of benzene rings is 1. The van der Waals surface area contributed by atoms with Gasteiger partial charge in [0.05, 0.1) is 6.10 Å². The molecule has 0 amide bonds. The summed E-state index contributed by atoms with van der Waals surface area (Å²) in [6.45, 7) is -0.480. The Morgan fingerprint density at radius 3 is 2.62 bits per heavy atom. The Bertz CT molecular complexity index is 436. The number of aliphatic hydroxyl groups is 1. The molecule has 0 aliphatic heterocycles. The monoisotopic (exact) mass is 299 g/mol. The molecule has 0 bridgehead atoms. The number of para-hydroxylation sites is 1. The van der Waals surface area contributed by atoms with Crippen LogP contribution in [0.2, 0.25) is 0 Å². The molecule has 1 aromatic carbocycles. The molecule has 0 radical (unpaired) electrons. The molecule has 1 aliphatic carbocycles. The van der Waals surface area contributed by atoms with Gasteiger partial charge in [-0.05, 0) is 31.7 Å². The number of rotatable bonds is 7. The number of aliphatic hydroxyl groups excluding tert-OH is 1. The molecule has 5 heteroatoms. The molecule has 2 atom stereocenters. The van der Waals surface area contributed by atoms with E-state index in [1.807, 2.05) is 6.92 Å². The topological polar surface area (TPSA) is 41.5 Å². The number of hydrogen-bond donors (Lipinski definition) is 2. The van der Waals surface area contributed by atoms with Gasteiger partial charge in [0.25, 0.3) is 0 Å². The minimum Gasteiger partial charge on any atom is -0.434 e. The van der Waals surface area contributed by atoms with Gasteiger partial charge >= 0.3 is 6.61 Å². The van der Waals surface area contributed by atoms with Crippen LogP contribution in [-0.2, 0) is 0 Å². The molecule has 118 valence electrons. The first-order valence-electron chi connectivity index (χ1n) is 7.53. The zero-order valence-corrected chi connectivity index (χ0v) is 12.3. The lowest BCUT2D eigenvalue weighted by atomic mass is 10.00. The molecule has 3 nitrogen and oxygen atoms in total. The highest BCUT2D eigenvalue weighted by Gasteiger charge is 2.23. The van der Waals surface area contributed by atoms with E-state index in [9.17, 15) is 13.9 Å². The van der Waals surface area contributed by atoms with Crippen LogP contribution in [0.3, 0.4) is 0 Å². The van der Waals surface area contributed by atoms with Crippen LogP contribution in [0.5, 0.6) is 5.75 Å². The summed E-state index contributed by atoms with van der Waals surface area (Å²) in [5.74, 6) is 0.542. The maximum atomic E-state index is 12.4. The Morgan fingerprint density at radius 1 is 1.29 bits per heavy atom. The second kappa shape index (κ2) is 7.71. The van der Waals surface area contributed by atoms with Crippen LogP contribution >= 0.6 is 0 Å². The van der Waals surface area contributed by atoms with E-state index in [1.54, 1.807) is 18.2 Å². The Kier molecular flexibility index (Phi) is 5.94. The summed E-state index contributed by atoms with van der Waals surface area (Å²) in [5, 5.41) is 13.4. The zero-order chi connectivity index (χ0) is 15.2. The lowest BCUT2D eigenvalue weighted by Crippen LogP contribution is -2.33. The second-order valence-electron chi connectivity index (χ2n) is 5.66. The minimum atomic E-state index is -2.83. The Balaban J connectivity index is 1.91. The first-order chi connectivity index (χ1) is 10.1. The molecular formula is C16H23F2NO2. The van der Waals surface area contributed by atoms with Crippen LogP contribution in [-0.4, -0.2) is 24.4 Å². The normalized spacial score (nSPS) is 18.9. The van der Waals surface area contributed by atoms with Crippen molar-refractivity contribution in [1.82, 2.24) is 5.32 Å². The van der Waals surface area contributed by atoms with E-state index in [-0.39, 0.29) is 17.9 Å². The van der Waals surface area contributed by atoms with Gasteiger partial charge < -0.3 is 15.2 Å². The van der Waals surface area contributed by atoms with E-state index in [4.69, 9.17) is 0 Å². The summed E-state index contributed by atoms with van der Waals surface area (Å²) in [6.07, 6.45) is 4.13. The van der Waals surface area contributed by atoms with E-state index in [1.165, 1.54) is 18.9 Å². The van der Waals surface area contributed by atoms with E-state index in [0.717, 1.165) is 12.8 Å². The molecule has 21 heavy (non-hydrogen) atoms. The van der Waals surface area contributed by atoms with Crippen molar-refractivity contribution in [3.05, 3.63) is 29.8 Å². The fraction of sp³-hybridized carbons (Fsp3) is 0.625. The van der Waals surface area contributed by atoms with Crippen molar-refractivity contribution in [3.63, 3.8) is 0 Å². The molecule has 0 heterocycles. The van der Waals surface area contributed by atoms with Crippen molar-refractivity contribution < 1.29 is 18.6 Å². The molecule has 1 fully saturated rings. The number of nitrogens with one attached hydrogen (secondary N) is 1. The average Bonchev–Trinajstić information content (AvgIpc) is 2.98. The molecule has 0 spiro atoms. The maximum absolute atomic E-state index is 12.4. The van der Waals surface area contributed by atoms with Gasteiger partial charge in [0, 0.05) is 18.2 Å². The highest BCUT2D eigenvalue weighted by molar-refractivity contribution is 5.35. The minimum absolute atomic E-state index is 0.156. The van der Waals surface area contributed by atoms with Crippen molar-refractivity contribution in [2.45, 2.75) is 51.4 Å². The molecule has 2 unspecified atom stereocenters. The Hall–Kier alpha value is -1.20. The van der Waals surface area contributed by atoms with E-state index >= 15 is 0 Å². The Morgan fingerprint density at radius 2 is 1.95 bits per heavy atom. The molecule has 0 aromatic heterocycles. The van der Waals surface area contributed by atoms with Crippen LogP contribution in [0.4, 0.5) is 8.78 Å². The third-order valence-electron chi connectivity index (χ3n) is 4.18. The smallest absolute Gasteiger partial charge is 0.387 e. The predicted molar refractivity (Wildman–Crippen MR) is 77.5 cm³/mol. The molecule has 1 aromatic rings. The fourth-order valence-corrected chi connectivity index (χ4v) is 2.96. The summed E-state index contributed by atoms with van der Waals surface area (Å²) in [4.78, 5) is 0. The number of alkyl halides is 2. The Labute approximate surface area is 124 Å². The molecular weight excluding hydrogens is 276 g/mol. The largest absolute Gasteiger partial charge is 0.434 e. The summed E-state index contributed by atoms with van der Waals surface area (Å²) < 4.78 is 29.3. The van der Waals surface area contributed by atoms with Gasteiger partial charge in [-0.3, -0.25) is 0 Å². The quantitative estimate of drug-likeness (QED) is 0.810. The SMILES string of the molecule is CC(NCC(O)C1CCCC1)c1ccccc1OC(F)F. The molecule has 1 saturated carbocycles.